The smallest absolute Gasteiger partial charge is 0.265 e. The molecule has 8 heteroatoms. The van der Waals surface area contributed by atoms with Gasteiger partial charge in [0.2, 0.25) is 5.91 Å². The van der Waals surface area contributed by atoms with E-state index in [4.69, 9.17) is 4.74 Å². The maximum Gasteiger partial charge on any atom is 0.265 e. The molecule has 2 aromatic rings. The van der Waals surface area contributed by atoms with Gasteiger partial charge in [-0.25, -0.2) is 0 Å². The van der Waals surface area contributed by atoms with Crippen molar-refractivity contribution in [1.29, 1.82) is 0 Å². The first-order valence-corrected chi connectivity index (χ1v) is 9.14. The number of benzene rings is 1. The number of hydrogen-bond donors (Lipinski definition) is 3. The zero-order valence-electron chi connectivity index (χ0n) is 14.2. The van der Waals surface area contributed by atoms with E-state index in [9.17, 15) is 14.4 Å². The van der Waals surface area contributed by atoms with Gasteiger partial charge in [0, 0.05) is 18.7 Å². The number of rotatable bonds is 6. The second kappa shape index (κ2) is 8.01. The number of carbonyl (C=O) groups excluding carboxylic acids is 3. The topological polar surface area (TPSA) is 96.5 Å². The van der Waals surface area contributed by atoms with Crippen molar-refractivity contribution in [2.24, 2.45) is 0 Å². The molecule has 0 saturated heterocycles. The van der Waals surface area contributed by atoms with E-state index in [0.717, 1.165) is 0 Å². The molecule has 26 heavy (non-hydrogen) atoms. The van der Waals surface area contributed by atoms with Crippen molar-refractivity contribution < 1.29 is 19.1 Å². The molecule has 1 aromatic heterocycles. The minimum atomic E-state index is -0.535. The minimum absolute atomic E-state index is 0.125. The normalized spacial score (nSPS) is 15.4. The molecule has 3 amide bonds. The second-order valence-electron chi connectivity index (χ2n) is 5.85. The maximum atomic E-state index is 12.0. The highest BCUT2D eigenvalue weighted by Crippen LogP contribution is 2.32. The number of nitrogens with one attached hydrogen (secondary N) is 3. The highest BCUT2D eigenvalue weighted by molar-refractivity contribution is 7.12. The van der Waals surface area contributed by atoms with Gasteiger partial charge in [-0.2, -0.15) is 0 Å². The fourth-order valence-corrected chi connectivity index (χ4v) is 3.10. The molecule has 0 fully saturated rings. The van der Waals surface area contributed by atoms with E-state index < -0.39 is 6.10 Å². The number of thiophene rings is 1. The molecule has 0 radical (unpaired) electrons. The molecular weight excluding hydrogens is 354 g/mol. The van der Waals surface area contributed by atoms with Gasteiger partial charge in [-0.05, 0) is 43.0 Å². The Balaban J connectivity index is 1.44. The van der Waals surface area contributed by atoms with Crippen LogP contribution in [0.15, 0.2) is 35.7 Å². The zero-order valence-corrected chi connectivity index (χ0v) is 15.0. The molecule has 0 bridgehead atoms. The number of ether oxygens (including phenoxy) is 1. The first-order valence-electron chi connectivity index (χ1n) is 8.26. The Bertz CT molecular complexity index is 820. The van der Waals surface area contributed by atoms with E-state index in [1.165, 1.54) is 11.3 Å². The predicted octanol–water partition coefficient (Wildman–Crippen LogP) is 2.62. The van der Waals surface area contributed by atoms with Crippen LogP contribution in [0.4, 0.5) is 11.4 Å². The molecule has 3 rings (SSSR count). The van der Waals surface area contributed by atoms with Crippen LogP contribution in [0.1, 0.15) is 29.4 Å². The molecule has 0 aliphatic carbocycles. The Labute approximate surface area is 154 Å². The number of fused-ring (bicyclic) bond motifs is 1. The van der Waals surface area contributed by atoms with E-state index in [1.54, 1.807) is 31.2 Å². The van der Waals surface area contributed by atoms with Gasteiger partial charge in [0.1, 0.15) is 5.75 Å². The summed E-state index contributed by atoms with van der Waals surface area (Å²) in [5, 5.41) is 10.1. The number of hydrogen-bond acceptors (Lipinski definition) is 5. The van der Waals surface area contributed by atoms with Crippen LogP contribution in [-0.4, -0.2) is 30.4 Å². The fourth-order valence-electron chi connectivity index (χ4n) is 2.46. The maximum absolute atomic E-state index is 12.0. The summed E-state index contributed by atoms with van der Waals surface area (Å²) in [6, 6.07) is 8.67. The lowest BCUT2D eigenvalue weighted by Gasteiger charge is -2.23. The molecule has 1 aromatic carbocycles. The van der Waals surface area contributed by atoms with Crippen LogP contribution < -0.4 is 20.7 Å². The second-order valence-corrected chi connectivity index (χ2v) is 6.79. The molecule has 1 aliphatic heterocycles. The average molecular weight is 373 g/mol. The van der Waals surface area contributed by atoms with Gasteiger partial charge in [0.15, 0.2) is 6.10 Å². The largest absolute Gasteiger partial charge is 0.479 e. The van der Waals surface area contributed by atoms with Gasteiger partial charge in [-0.1, -0.05) is 6.07 Å². The van der Waals surface area contributed by atoms with Crippen LogP contribution in [0.25, 0.3) is 0 Å². The van der Waals surface area contributed by atoms with Gasteiger partial charge in [0.25, 0.3) is 11.8 Å². The van der Waals surface area contributed by atoms with Crippen molar-refractivity contribution in [3.05, 3.63) is 40.6 Å². The summed E-state index contributed by atoms with van der Waals surface area (Å²) in [5.41, 5.74) is 1.11. The Morgan fingerprint density at radius 3 is 2.92 bits per heavy atom. The van der Waals surface area contributed by atoms with Gasteiger partial charge in [0.05, 0.1) is 10.6 Å². The fraction of sp³-hybridized carbons (Fsp3) is 0.278. The molecule has 2 heterocycles. The Hall–Kier alpha value is -2.87. The molecule has 7 nitrogen and oxygen atoms in total. The molecule has 0 saturated carbocycles. The number of anilines is 2. The van der Waals surface area contributed by atoms with Crippen LogP contribution in [-0.2, 0) is 9.59 Å². The lowest BCUT2D eigenvalue weighted by Crippen LogP contribution is -2.34. The van der Waals surface area contributed by atoms with Crippen LogP contribution in [0.5, 0.6) is 5.75 Å². The van der Waals surface area contributed by atoms with Crippen molar-refractivity contribution in [3.8, 4) is 5.75 Å². The summed E-state index contributed by atoms with van der Waals surface area (Å²) in [6.45, 7) is 2.10. The summed E-state index contributed by atoms with van der Waals surface area (Å²) >= 11 is 1.38. The van der Waals surface area contributed by atoms with E-state index >= 15 is 0 Å². The SMILES string of the molecule is C[C@H]1Oc2ccc(NC(=O)CCCNC(=O)c3cccs3)cc2NC1=O. The quantitative estimate of drug-likeness (QED) is 0.678. The van der Waals surface area contributed by atoms with E-state index in [-0.39, 0.29) is 24.1 Å². The lowest BCUT2D eigenvalue weighted by molar-refractivity contribution is -0.122. The van der Waals surface area contributed by atoms with Gasteiger partial charge in [-0.15, -0.1) is 11.3 Å². The Morgan fingerprint density at radius 2 is 2.15 bits per heavy atom. The van der Waals surface area contributed by atoms with Crippen LogP contribution in [0.3, 0.4) is 0 Å². The van der Waals surface area contributed by atoms with Gasteiger partial charge >= 0.3 is 0 Å². The van der Waals surface area contributed by atoms with Crippen molar-refractivity contribution in [1.82, 2.24) is 5.32 Å². The Morgan fingerprint density at radius 1 is 1.31 bits per heavy atom. The first kappa shape index (κ1) is 17.9. The molecular formula is C18H19N3O4S. The van der Waals surface area contributed by atoms with Crippen LogP contribution in [0, 0.1) is 0 Å². The van der Waals surface area contributed by atoms with Gasteiger partial charge in [-0.3, -0.25) is 14.4 Å². The van der Waals surface area contributed by atoms with Crippen molar-refractivity contribution in [2.45, 2.75) is 25.9 Å². The summed E-state index contributed by atoms with van der Waals surface area (Å²) in [4.78, 5) is 36.1. The monoisotopic (exact) mass is 373 g/mol. The van der Waals surface area contributed by atoms with Gasteiger partial charge < -0.3 is 20.7 Å². The third kappa shape index (κ3) is 4.40. The van der Waals surface area contributed by atoms with E-state index in [2.05, 4.69) is 16.0 Å². The summed E-state index contributed by atoms with van der Waals surface area (Å²) < 4.78 is 5.47. The molecule has 3 N–H and O–H groups in total. The molecule has 1 aliphatic rings. The first-order chi connectivity index (χ1) is 12.5. The summed E-state index contributed by atoms with van der Waals surface area (Å²) in [5.74, 6) is 0.0701. The summed E-state index contributed by atoms with van der Waals surface area (Å²) in [6.07, 6.45) is 0.278. The van der Waals surface area contributed by atoms with Crippen molar-refractivity contribution in [2.75, 3.05) is 17.2 Å². The van der Waals surface area contributed by atoms with Crippen molar-refractivity contribution >= 4 is 40.4 Å². The predicted molar refractivity (Wildman–Crippen MR) is 99.7 cm³/mol. The summed E-state index contributed by atoms with van der Waals surface area (Å²) in [7, 11) is 0. The third-order valence-electron chi connectivity index (χ3n) is 3.81. The van der Waals surface area contributed by atoms with E-state index in [0.29, 0.717) is 35.0 Å². The molecule has 0 unspecified atom stereocenters. The zero-order chi connectivity index (χ0) is 18.5. The average Bonchev–Trinajstić information content (AvgIpc) is 3.14. The molecule has 1 atom stereocenters. The highest BCUT2D eigenvalue weighted by Gasteiger charge is 2.23. The lowest BCUT2D eigenvalue weighted by atomic mass is 10.2. The molecule has 0 spiro atoms. The van der Waals surface area contributed by atoms with E-state index in [1.807, 2.05) is 11.4 Å². The number of amides is 3. The standard InChI is InChI=1S/C18H19N3O4S/c1-11-17(23)21-13-10-12(6-7-14(13)25-11)20-16(22)5-2-8-19-18(24)15-4-3-9-26-15/h3-4,6-7,9-11H,2,5,8H2,1H3,(H,19,24)(H,20,22)(H,21,23)/t11-/m1/s1. The molecule has 136 valence electrons. The Kier molecular flexibility index (Phi) is 5.52. The van der Waals surface area contributed by atoms with Crippen molar-refractivity contribution in [3.63, 3.8) is 0 Å². The minimum Gasteiger partial charge on any atom is -0.479 e. The third-order valence-corrected chi connectivity index (χ3v) is 4.67. The van der Waals surface area contributed by atoms with Crippen LogP contribution in [0.2, 0.25) is 0 Å². The number of carbonyl (C=O) groups is 3. The van der Waals surface area contributed by atoms with Crippen LogP contribution >= 0.6 is 11.3 Å². The highest BCUT2D eigenvalue weighted by atomic mass is 32.1.